The van der Waals surface area contributed by atoms with Crippen molar-refractivity contribution in [3.63, 3.8) is 0 Å². The van der Waals surface area contributed by atoms with E-state index in [-0.39, 0.29) is 12.2 Å². The zero-order valence-corrected chi connectivity index (χ0v) is 8.25. The minimum atomic E-state index is -0.276. The second-order valence-corrected chi connectivity index (χ2v) is 3.11. The number of rotatable bonds is 7. The maximum Gasteiger partial charge on any atom is 0.0571 e. The molecule has 0 aromatic carbocycles. The summed E-state index contributed by atoms with van der Waals surface area (Å²) in [5.74, 6) is 0. The highest BCUT2D eigenvalue weighted by atomic mass is 16.5. The highest BCUT2D eigenvalue weighted by Gasteiger charge is 2.05. The Hall–Kier alpha value is -0.120. The van der Waals surface area contributed by atoms with Gasteiger partial charge < -0.3 is 14.6 Å². The van der Waals surface area contributed by atoms with Crippen LogP contribution in [0.5, 0.6) is 0 Å². The standard InChI is InChI=1S/C9H20O3/c1-8(10)7-9(2)12-6-4-5-11-3/h8-10H,4-7H2,1-3H3. The van der Waals surface area contributed by atoms with E-state index in [1.165, 1.54) is 0 Å². The number of aliphatic hydroxyl groups excluding tert-OH is 1. The molecule has 0 heterocycles. The van der Waals surface area contributed by atoms with E-state index in [0.29, 0.717) is 13.0 Å². The Bertz CT molecular complexity index is 93.8. The summed E-state index contributed by atoms with van der Waals surface area (Å²) < 4.78 is 10.3. The van der Waals surface area contributed by atoms with Gasteiger partial charge >= 0.3 is 0 Å². The molecule has 0 bridgehead atoms. The highest BCUT2D eigenvalue weighted by molar-refractivity contribution is 4.55. The second-order valence-electron chi connectivity index (χ2n) is 3.11. The van der Waals surface area contributed by atoms with Gasteiger partial charge in [-0.15, -0.1) is 0 Å². The van der Waals surface area contributed by atoms with Gasteiger partial charge in [-0.2, -0.15) is 0 Å². The molecular weight excluding hydrogens is 156 g/mol. The van der Waals surface area contributed by atoms with Crippen molar-refractivity contribution in [2.45, 2.75) is 38.9 Å². The first-order valence-electron chi connectivity index (χ1n) is 4.45. The number of ether oxygens (including phenoxy) is 2. The first-order valence-corrected chi connectivity index (χ1v) is 4.45. The van der Waals surface area contributed by atoms with E-state index in [0.717, 1.165) is 13.0 Å². The molecule has 3 nitrogen and oxygen atoms in total. The highest BCUT2D eigenvalue weighted by Crippen LogP contribution is 2.01. The van der Waals surface area contributed by atoms with Crippen molar-refractivity contribution in [2.75, 3.05) is 20.3 Å². The van der Waals surface area contributed by atoms with Gasteiger partial charge in [-0.1, -0.05) is 0 Å². The quantitative estimate of drug-likeness (QED) is 0.592. The van der Waals surface area contributed by atoms with Gasteiger partial charge in [-0.3, -0.25) is 0 Å². The lowest BCUT2D eigenvalue weighted by molar-refractivity contribution is 0.0202. The maximum absolute atomic E-state index is 9.02. The molecule has 3 heteroatoms. The van der Waals surface area contributed by atoms with E-state index >= 15 is 0 Å². The van der Waals surface area contributed by atoms with Crippen LogP contribution in [0.1, 0.15) is 26.7 Å². The predicted octanol–water partition coefficient (Wildman–Crippen LogP) is 1.20. The Balaban J connectivity index is 3.14. The molecule has 0 saturated heterocycles. The van der Waals surface area contributed by atoms with E-state index in [4.69, 9.17) is 14.6 Å². The van der Waals surface area contributed by atoms with Crippen molar-refractivity contribution in [2.24, 2.45) is 0 Å². The molecule has 0 aliphatic heterocycles. The average Bonchev–Trinajstić information content (AvgIpc) is 1.97. The fourth-order valence-corrected chi connectivity index (χ4v) is 1.04. The maximum atomic E-state index is 9.02. The zero-order valence-electron chi connectivity index (χ0n) is 8.25. The van der Waals surface area contributed by atoms with Crippen LogP contribution >= 0.6 is 0 Å². The van der Waals surface area contributed by atoms with E-state index in [9.17, 15) is 0 Å². The van der Waals surface area contributed by atoms with E-state index in [1.54, 1.807) is 14.0 Å². The summed E-state index contributed by atoms with van der Waals surface area (Å²) in [7, 11) is 1.68. The molecule has 0 aromatic heterocycles. The van der Waals surface area contributed by atoms with Gasteiger partial charge in [-0.05, 0) is 26.7 Å². The molecule has 12 heavy (non-hydrogen) atoms. The minimum Gasteiger partial charge on any atom is -0.393 e. The molecule has 0 amide bonds. The van der Waals surface area contributed by atoms with Crippen molar-refractivity contribution in [1.82, 2.24) is 0 Å². The van der Waals surface area contributed by atoms with Crippen LogP contribution in [0.15, 0.2) is 0 Å². The van der Waals surface area contributed by atoms with E-state index in [1.807, 2.05) is 6.92 Å². The largest absolute Gasteiger partial charge is 0.393 e. The van der Waals surface area contributed by atoms with Gasteiger partial charge in [0.05, 0.1) is 12.2 Å². The lowest BCUT2D eigenvalue weighted by Gasteiger charge is -2.14. The van der Waals surface area contributed by atoms with Crippen LogP contribution in [0, 0.1) is 0 Å². The molecule has 74 valence electrons. The molecule has 0 aliphatic rings. The predicted molar refractivity (Wildman–Crippen MR) is 48.2 cm³/mol. The molecule has 0 saturated carbocycles. The first kappa shape index (κ1) is 11.9. The third kappa shape index (κ3) is 7.98. The molecule has 2 atom stereocenters. The zero-order chi connectivity index (χ0) is 9.40. The van der Waals surface area contributed by atoms with Gasteiger partial charge in [0.2, 0.25) is 0 Å². The van der Waals surface area contributed by atoms with Crippen molar-refractivity contribution in [3.05, 3.63) is 0 Å². The summed E-state index contributed by atoms with van der Waals surface area (Å²) in [6, 6.07) is 0. The summed E-state index contributed by atoms with van der Waals surface area (Å²) in [4.78, 5) is 0. The number of aliphatic hydroxyl groups is 1. The van der Waals surface area contributed by atoms with Crippen molar-refractivity contribution in [1.29, 1.82) is 0 Å². The first-order chi connectivity index (χ1) is 5.66. The van der Waals surface area contributed by atoms with E-state index < -0.39 is 0 Å². The summed E-state index contributed by atoms with van der Waals surface area (Å²) in [6.07, 6.45) is 1.48. The summed E-state index contributed by atoms with van der Waals surface area (Å²) >= 11 is 0. The molecule has 0 spiro atoms. The van der Waals surface area contributed by atoms with Gasteiger partial charge in [0.1, 0.15) is 0 Å². The molecule has 2 unspecified atom stereocenters. The number of hydrogen-bond acceptors (Lipinski definition) is 3. The Morgan fingerprint density at radius 1 is 1.25 bits per heavy atom. The SMILES string of the molecule is COCCCOC(C)CC(C)O. The van der Waals surface area contributed by atoms with E-state index in [2.05, 4.69) is 0 Å². The fourth-order valence-electron chi connectivity index (χ4n) is 1.04. The lowest BCUT2D eigenvalue weighted by atomic mass is 10.2. The Kier molecular flexibility index (Phi) is 7.45. The van der Waals surface area contributed by atoms with Crippen LogP contribution < -0.4 is 0 Å². The Morgan fingerprint density at radius 3 is 2.42 bits per heavy atom. The van der Waals surface area contributed by atoms with Gasteiger partial charge in [0, 0.05) is 20.3 Å². The van der Waals surface area contributed by atoms with Crippen molar-refractivity contribution >= 4 is 0 Å². The molecule has 0 radical (unpaired) electrons. The molecule has 1 N–H and O–H groups in total. The van der Waals surface area contributed by atoms with Gasteiger partial charge in [0.15, 0.2) is 0 Å². The Labute approximate surface area is 74.7 Å². The Morgan fingerprint density at radius 2 is 1.92 bits per heavy atom. The molecule has 0 fully saturated rings. The molecule has 0 aromatic rings. The molecule has 0 aliphatic carbocycles. The monoisotopic (exact) mass is 176 g/mol. The second kappa shape index (κ2) is 7.53. The normalized spacial score (nSPS) is 16.0. The third-order valence-electron chi connectivity index (χ3n) is 1.57. The van der Waals surface area contributed by atoms with Gasteiger partial charge in [-0.25, -0.2) is 0 Å². The summed E-state index contributed by atoms with van der Waals surface area (Å²) in [5.41, 5.74) is 0. The molecular formula is C9H20O3. The van der Waals surface area contributed by atoms with Crippen LogP contribution in [0.4, 0.5) is 0 Å². The third-order valence-corrected chi connectivity index (χ3v) is 1.57. The lowest BCUT2D eigenvalue weighted by Crippen LogP contribution is -2.16. The molecule has 0 rings (SSSR count). The number of hydrogen-bond donors (Lipinski definition) is 1. The topological polar surface area (TPSA) is 38.7 Å². The summed E-state index contributed by atoms with van der Waals surface area (Å²) in [5, 5.41) is 9.02. The number of methoxy groups -OCH3 is 1. The van der Waals surface area contributed by atoms with Crippen LogP contribution in [-0.2, 0) is 9.47 Å². The fraction of sp³-hybridized carbons (Fsp3) is 1.00. The average molecular weight is 176 g/mol. The van der Waals surface area contributed by atoms with Crippen LogP contribution in [0.3, 0.4) is 0 Å². The summed E-state index contributed by atoms with van der Waals surface area (Å²) in [6.45, 7) is 5.19. The van der Waals surface area contributed by atoms with Crippen molar-refractivity contribution < 1.29 is 14.6 Å². The minimum absolute atomic E-state index is 0.141. The smallest absolute Gasteiger partial charge is 0.0571 e. The van der Waals surface area contributed by atoms with Crippen LogP contribution in [-0.4, -0.2) is 37.6 Å². The van der Waals surface area contributed by atoms with Crippen molar-refractivity contribution in [3.8, 4) is 0 Å². The van der Waals surface area contributed by atoms with Crippen LogP contribution in [0.25, 0.3) is 0 Å². The van der Waals surface area contributed by atoms with Crippen LogP contribution in [0.2, 0.25) is 0 Å². The van der Waals surface area contributed by atoms with Gasteiger partial charge in [0.25, 0.3) is 0 Å².